The van der Waals surface area contributed by atoms with Crippen molar-refractivity contribution in [3.05, 3.63) is 16.1 Å². The van der Waals surface area contributed by atoms with Crippen LogP contribution in [0.1, 0.15) is 17.5 Å². The molecule has 68 valence electrons. The Kier molecular flexibility index (Phi) is 3.69. The topological polar surface area (TPSA) is 13.1 Å². The highest BCUT2D eigenvalue weighted by Gasteiger charge is 2.12. The number of thiazole rings is 1. The highest BCUT2D eigenvalue weighted by molar-refractivity contribution is 7.09. The molecule has 0 atom stereocenters. The number of hydrogen-bond donors (Lipinski definition) is 0. The molecule has 2 nitrogen and oxygen atoms in total. The lowest BCUT2D eigenvalue weighted by Crippen LogP contribution is -2.32. The normalized spacial score (nSPS) is 10.6. The van der Waals surface area contributed by atoms with Crippen molar-refractivity contribution in [1.29, 1.82) is 0 Å². The van der Waals surface area contributed by atoms with Gasteiger partial charge in [-0.25, -0.2) is 0 Å². The largest absolute Gasteiger partial charge is 0.384 e. The Morgan fingerprint density at radius 2 is 2.33 bits per heavy atom. The molecule has 1 aromatic rings. The van der Waals surface area contributed by atoms with Crippen molar-refractivity contribution < 1.29 is 9.30 Å². The van der Waals surface area contributed by atoms with E-state index in [1.54, 1.807) is 7.11 Å². The van der Waals surface area contributed by atoms with Crippen molar-refractivity contribution in [2.45, 2.75) is 26.8 Å². The number of aromatic nitrogens is 1. The zero-order chi connectivity index (χ0) is 8.97. The van der Waals surface area contributed by atoms with Gasteiger partial charge < -0.3 is 4.74 Å². The Hall–Kier alpha value is -0.410. The zero-order valence-corrected chi connectivity index (χ0v) is 8.78. The van der Waals surface area contributed by atoms with Crippen molar-refractivity contribution in [3.63, 3.8) is 0 Å². The molecular formula is C9H16NOS+. The molecule has 0 radical (unpaired) electrons. The van der Waals surface area contributed by atoms with Crippen LogP contribution in [0.3, 0.4) is 0 Å². The fourth-order valence-corrected chi connectivity index (χ4v) is 2.25. The third kappa shape index (κ3) is 2.05. The molecule has 0 aliphatic carbocycles. The summed E-state index contributed by atoms with van der Waals surface area (Å²) in [4.78, 5) is 1.44. The van der Waals surface area contributed by atoms with Gasteiger partial charge in [-0.2, -0.15) is 4.57 Å². The van der Waals surface area contributed by atoms with E-state index < -0.39 is 0 Å². The summed E-state index contributed by atoms with van der Waals surface area (Å²) in [6.45, 7) is 6.23. The van der Waals surface area contributed by atoms with Crippen LogP contribution in [0.25, 0.3) is 0 Å². The summed E-state index contributed by atoms with van der Waals surface area (Å²) in [5.74, 6) is 0. The quantitative estimate of drug-likeness (QED) is 0.650. The number of aryl methyl sites for hydroxylation is 1. The predicted molar refractivity (Wildman–Crippen MR) is 50.5 cm³/mol. The summed E-state index contributed by atoms with van der Waals surface area (Å²) in [7, 11) is 1.75. The fourth-order valence-electron chi connectivity index (χ4n) is 1.20. The molecule has 0 saturated carbocycles. The molecule has 0 unspecified atom stereocenters. The third-order valence-electron chi connectivity index (χ3n) is 2.03. The SMILES string of the molecule is CC[n+]1csc(CCOC)c1C. The van der Waals surface area contributed by atoms with Crippen LogP contribution in [-0.4, -0.2) is 13.7 Å². The molecule has 0 fully saturated rings. The van der Waals surface area contributed by atoms with E-state index in [4.69, 9.17) is 4.74 Å². The van der Waals surface area contributed by atoms with Crippen LogP contribution in [0.5, 0.6) is 0 Å². The number of ether oxygens (including phenoxy) is 1. The number of hydrogen-bond acceptors (Lipinski definition) is 2. The van der Waals surface area contributed by atoms with E-state index >= 15 is 0 Å². The summed E-state index contributed by atoms with van der Waals surface area (Å²) >= 11 is 1.82. The van der Waals surface area contributed by atoms with Crippen molar-refractivity contribution in [1.82, 2.24) is 0 Å². The van der Waals surface area contributed by atoms with Gasteiger partial charge in [-0.1, -0.05) is 11.3 Å². The van der Waals surface area contributed by atoms with E-state index in [-0.39, 0.29) is 0 Å². The number of rotatable bonds is 4. The van der Waals surface area contributed by atoms with Crippen LogP contribution in [0.15, 0.2) is 5.51 Å². The Morgan fingerprint density at radius 1 is 1.58 bits per heavy atom. The smallest absolute Gasteiger partial charge is 0.225 e. The van der Waals surface area contributed by atoms with Gasteiger partial charge in [0.15, 0.2) is 5.69 Å². The highest BCUT2D eigenvalue weighted by atomic mass is 32.1. The first-order valence-corrected chi connectivity index (χ1v) is 5.13. The van der Waals surface area contributed by atoms with Gasteiger partial charge in [0.1, 0.15) is 6.54 Å². The second kappa shape index (κ2) is 4.58. The Labute approximate surface area is 77.8 Å². The lowest BCUT2D eigenvalue weighted by Gasteiger charge is -1.94. The summed E-state index contributed by atoms with van der Waals surface area (Å²) in [6, 6.07) is 0. The Balaban J connectivity index is 2.66. The molecule has 0 aliphatic heterocycles. The maximum absolute atomic E-state index is 5.04. The second-order valence-electron chi connectivity index (χ2n) is 2.76. The van der Waals surface area contributed by atoms with Crippen LogP contribution in [0.4, 0.5) is 0 Å². The van der Waals surface area contributed by atoms with Crippen molar-refractivity contribution in [2.75, 3.05) is 13.7 Å². The molecule has 1 heterocycles. The van der Waals surface area contributed by atoms with Crippen molar-refractivity contribution in [2.24, 2.45) is 0 Å². The average molecular weight is 186 g/mol. The van der Waals surface area contributed by atoms with Gasteiger partial charge in [0, 0.05) is 20.5 Å². The molecule has 0 aromatic carbocycles. The molecule has 1 rings (SSSR count). The Bertz CT molecular complexity index is 245. The van der Waals surface area contributed by atoms with E-state index in [0.717, 1.165) is 19.6 Å². The van der Waals surface area contributed by atoms with E-state index in [9.17, 15) is 0 Å². The van der Waals surface area contributed by atoms with E-state index in [2.05, 4.69) is 23.9 Å². The molecule has 0 N–H and O–H groups in total. The first kappa shape index (κ1) is 9.68. The molecule has 3 heteroatoms. The van der Waals surface area contributed by atoms with Gasteiger partial charge in [-0.05, 0) is 6.92 Å². The molecule has 12 heavy (non-hydrogen) atoms. The molecule has 0 saturated heterocycles. The lowest BCUT2D eigenvalue weighted by molar-refractivity contribution is -0.694. The van der Waals surface area contributed by atoms with Gasteiger partial charge in [0.2, 0.25) is 5.51 Å². The minimum Gasteiger partial charge on any atom is -0.384 e. The summed E-state index contributed by atoms with van der Waals surface area (Å²) < 4.78 is 7.31. The summed E-state index contributed by atoms with van der Waals surface area (Å²) in [5.41, 5.74) is 3.57. The van der Waals surface area contributed by atoms with Gasteiger partial charge in [0.05, 0.1) is 11.5 Å². The van der Waals surface area contributed by atoms with Crippen LogP contribution >= 0.6 is 11.3 Å². The fraction of sp³-hybridized carbons (Fsp3) is 0.667. The standard InChI is InChI=1S/C9H16NOS/c1-4-10-7-12-9(8(10)2)5-6-11-3/h7H,4-6H2,1-3H3/q+1. The molecule has 1 aromatic heterocycles. The van der Waals surface area contributed by atoms with Crippen LogP contribution < -0.4 is 4.57 Å². The van der Waals surface area contributed by atoms with Crippen molar-refractivity contribution >= 4 is 11.3 Å². The van der Waals surface area contributed by atoms with E-state index in [1.807, 2.05) is 11.3 Å². The van der Waals surface area contributed by atoms with Crippen LogP contribution in [0.2, 0.25) is 0 Å². The third-order valence-corrected chi connectivity index (χ3v) is 3.17. The minimum absolute atomic E-state index is 0.824. The number of methoxy groups -OCH3 is 1. The first-order valence-electron chi connectivity index (χ1n) is 4.25. The monoisotopic (exact) mass is 186 g/mol. The zero-order valence-electron chi connectivity index (χ0n) is 7.96. The maximum atomic E-state index is 5.04. The van der Waals surface area contributed by atoms with Crippen LogP contribution in [0, 0.1) is 6.92 Å². The van der Waals surface area contributed by atoms with E-state index in [0.29, 0.717) is 0 Å². The predicted octanol–water partition coefficient (Wildman–Crippen LogP) is 1.55. The van der Waals surface area contributed by atoms with Crippen molar-refractivity contribution in [3.8, 4) is 0 Å². The molecule has 0 aliphatic rings. The molecule has 0 spiro atoms. The second-order valence-corrected chi connectivity index (χ2v) is 3.70. The minimum atomic E-state index is 0.824. The van der Waals surface area contributed by atoms with Gasteiger partial charge in [-0.3, -0.25) is 0 Å². The maximum Gasteiger partial charge on any atom is 0.225 e. The average Bonchev–Trinajstić information content (AvgIpc) is 2.43. The van der Waals surface area contributed by atoms with Gasteiger partial charge in [0.25, 0.3) is 0 Å². The molecule has 0 amide bonds. The summed E-state index contributed by atoms with van der Waals surface area (Å²) in [6.07, 6.45) is 1.04. The molecular weight excluding hydrogens is 170 g/mol. The number of nitrogens with zero attached hydrogens (tertiary/aromatic N) is 1. The van der Waals surface area contributed by atoms with Crippen LogP contribution in [-0.2, 0) is 17.7 Å². The highest BCUT2D eigenvalue weighted by Crippen LogP contribution is 2.11. The lowest BCUT2D eigenvalue weighted by atomic mass is 10.3. The van der Waals surface area contributed by atoms with Gasteiger partial charge in [-0.15, -0.1) is 0 Å². The summed E-state index contributed by atoms with van der Waals surface area (Å²) in [5, 5.41) is 0. The molecule has 0 bridgehead atoms. The Morgan fingerprint density at radius 3 is 2.83 bits per heavy atom. The first-order chi connectivity index (χ1) is 5.79. The van der Waals surface area contributed by atoms with E-state index in [1.165, 1.54) is 10.6 Å². The van der Waals surface area contributed by atoms with Gasteiger partial charge >= 0.3 is 0 Å².